The first-order chi connectivity index (χ1) is 11.6. The molecule has 1 saturated heterocycles. The summed E-state index contributed by atoms with van der Waals surface area (Å²) in [5, 5.41) is 20.3. The molecule has 1 fully saturated rings. The summed E-state index contributed by atoms with van der Waals surface area (Å²) >= 11 is 0. The van der Waals surface area contributed by atoms with Gasteiger partial charge in [0.05, 0.1) is 6.20 Å². The molecule has 3 N–H and O–H groups in total. The van der Waals surface area contributed by atoms with Crippen LogP contribution >= 0.6 is 0 Å². The normalized spacial score (nSPS) is 17.8. The molecular weight excluding hydrogens is 312 g/mol. The van der Waals surface area contributed by atoms with Gasteiger partial charge in [0, 0.05) is 26.6 Å². The van der Waals surface area contributed by atoms with E-state index in [0.29, 0.717) is 30.4 Å². The van der Waals surface area contributed by atoms with E-state index in [0.717, 1.165) is 26.1 Å². The molecule has 0 aliphatic carbocycles. The van der Waals surface area contributed by atoms with Crippen molar-refractivity contribution in [3.8, 4) is 0 Å². The highest BCUT2D eigenvalue weighted by molar-refractivity contribution is 5.91. The zero-order valence-electron chi connectivity index (χ0n) is 13.7. The van der Waals surface area contributed by atoms with Crippen molar-refractivity contribution in [1.82, 2.24) is 40.4 Å². The Kier molecular flexibility index (Phi) is 5.04. The summed E-state index contributed by atoms with van der Waals surface area (Å²) in [5.41, 5.74) is 0.0335. The highest BCUT2D eigenvalue weighted by Crippen LogP contribution is 2.11. The third-order valence-electron chi connectivity index (χ3n) is 4.22. The van der Waals surface area contributed by atoms with Gasteiger partial charge < -0.3 is 10.6 Å². The van der Waals surface area contributed by atoms with Gasteiger partial charge >= 0.3 is 5.69 Å². The molecule has 1 aliphatic heterocycles. The fraction of sp³-hybridized carbons (Fsp3) is 0.643. The molecule has 3 heterocycles. The Morgan fingerprint density at radius 3 is 3.08 bits per heavy atom. The van der Waals surface area contributed by atoms with Crippen LogP contribution in [0.5, 0.6) is 0 Å². The lowest BCUT2D eigenvalue weighted by molar-refractivity contribution is 0.0949. The summed E-state index contributed by atoms with van der Waals surface area (Å²) < 4.78 is 3.14. The second-order valence-electron chi connectivity index (χ2n) is 6.05. The summed E-state index contributed by atoms with van der Waals surface area (Å²) in [6.07, 6.45) is 4.47. The quantitative estimate of drug-likeness (QED) is 0.602. The zero-order chi connectivity index (χ0) is 16.9. The van der Waals surface area contributed by atoms with Gasteiger partial charge in [0.15, 0.2) is 5.69 Å². The molecule has 10 nitrogen and oxygen atoms in total. The average molecular weight is 334 g/mol. The van der Waals surface area contributed by atoms with Crippen molar-refractivity contribution in [2.45, 2.75) is 25.8 Å². The highest BCUT2D eigenvalue weighted by atomic mass is 16.2. The predicted octanol–water partition coefficient (Wildman–Crippen LogP) is -1.33. The molecule has 0 spiro atoms. The molecule has 10 heteroatoms. The third kappa shape index (κ3) is 3.88. The number of aromatic amines is 1. The van der Waals surface area contributed by atoms with Crippen LogP contribution in [0.4, 0.5) is 0 Å². The lowest BCUT2D eigenvalue weighted by Crippen LogP contribution is -2.32. The smallest absolute Gasteiger partial charge is 0.343 e. The van der Waals surface area contributed by atoms with Crippen molar-refractivity contribution in [2.24, 2.45) is 13.0 Å². The van der Waals surface area contributed by atoms with Crippen molar-refractivity contribution in [3.05, 3.63) is 28.2 Å². The number of carbonyl (C=O) groups is 1. The van der Waals surface area contributed by atoms with Crippen LogP contribution in [0, 0.1) is 5.92 Å². The van der Waals surface area contributed by atoms with Crippen LogP contribution in [0.15, 0.2) is 11.0 Å². The van der Waals surface area contributed by atoms with E-state index in [-0.39, 0.29) is 11.6 Å². The van der Waals surface area contributed by atoms with Gasteiger partial charge in [0.25, 0.3) is 5.91 Å². The van der Waals surface area contributed by atoms with E-state index in [4.69, 9.17) is 0 Å². The molecule has 3 rings (SSSR count). The van der Waals surface area contributed by atoms with E-state index in [1.54, 1.807) is 17.9 Å². The molecule has 130 valence electrons. The Balaban J connectivity index is 1.48. The van der Waals surface area contributed by atoms with Crippen LogP contribution in [-0.2, 0) is 20.0 Å². The van der Waals surface area contributed by atoms with Gasteiger partial charge in [0.2, 0.25) is 0 Å². The van der Waals surface area contributed by atoms with E-state index in [9.17, 15) is 9.59 Å². The summed E-state index contributed by atoms with van der Waals surface area (Å²) in [4.78, 5) is 23.4. The van der Waals surface area contributed by atoms with Crippen LogP contribution in [0.25, 0.3) is 0 Å². The number of carbonyl (C=O) groups excluding carboxylic acids is 1. The van der Waals surface area contributed by atoms with E-state index in [2.05, 4.69) is 31.1 Å². The predicted molar refractivity (Wildman–Crippen MR) is 85.5 cm³/mol. The maximum absolute atomic E-state index is 12.1. The number of hydrogen-bond donors (Lipinski definition) is 3. The molecule has 0 aromatic carbocycles. The van der Waals surface area contributed by atoms with Gasteiger partial charge in [-0.3, -0.25) is 14.0 Å². The summed E-state index contributed by atoms with van der Waals surface area (Å²) in [5.74, 6) is 0.842. The SMILES string of the molecule is Cn1c(CCNC(=O)c2cn(C[C@H]3CCCNC3)nn2)n[nH]c1=O. The number of rotatable bonds is 6. The molecule has 0 saturated carbocycles. The van der Waals surface area contributed by atoms with Gasteiger partial charge in [-0.25, -0.2) is 9.89 Å². The number of hydrogen-bond acceptors (Lipinski definition) is 6. The lowest BCUT2D eigenvalue weighted by Gasteiger charge is -2.22. The van der Waals surface area contributed by atoms with Gasteiger partial charge in [0.1, 0.15) is 5.82 Å². The number of piperidine rings is 1. The Labute approximate surface area is 138 Å². The average Bonchev–Trinajstić information content (AvgIpc) is 3.17. The molecule has 2 aromatic heterocycles. The molecule has 0 unspecified atom stereocenters. The Morgan fingerprint density at radius 1 is 1.50 bits per heavy atom. The number of aromatic nitrogens is 6. The molecule has 2 aromatic rings. The number of amides is 1. The molecule has 0 bridgehead atoms. The Hall–Kier alpha value is -2.49. The van der Waals surface area contributed by atoms with E-state index < -0.39 is 0 Å². The largest absolute Gasteiger partial charge is 0.350 e. The van der Waals surface area contributed by atoms with Crippen molar-refractivity contribution in [3.63, 3.8) is 0 Å². The second-order valence-corrected chi connectivity index (χ2v) is 6.05. The van der Waals surface area contributed by atoms with Crippen LogP contribution < -0.4 is 16.3 Å². The van der Waals surface area contributed by atoms with E-state index in [1.807, 2.05) is 0 Å². The van der Waals surface area contributed by atoms with Crippen LogP contribution in [0.1, 0.15) is 29.2 Å². The number of nitrogens with zero attached hydrogens (tertiary/aromatic N) is 5. The minimum Gasteiger partial charge on any atom is -0.350 e. The minimum absolute atomic E-state index is 0.267. The molecule has 1 amide bonds. The summed E-state index contributed by atoms with van der Waals surface area (Å²) in [7, 11) is 1.63. The van der Waals surface area contributed by atoms with Gasteiger partial charge in [-0.1, -0.05) is 5.21 Å². The maximum Gasteiger partial charge on any atom is 0.343 e. The topological polar surface area (TPSA) is 123 Å². The fourth-order valence-electron chi connectivity index (χ4n) is 2.82. The molecule has 1 atom stereocenters. The van der Waals surface area contributed by atoms with Gasteiger partial charge in [-0.05, 0) is 31.8 Å². The van der Waals surface area contributed by atoms with Crippen LogP contribution in [0.2, 0.25) is 0 Å². The minimum atomic E-state index is -0.274. The fourth-order valence-corrected chi connectivity index (χ4v) is 2.82. The van der Waals surface area contributed by atoms with Crippen molar-refractivity contribution < 1.29 is 4.79 Å². The zero-order valence-corrected chi connectivity index (χ0v) is 13.7. The first-order valence-electron chi connectivity index (χ1n) is 8.13. The standard InChI is InChI=1S/C14H22N8O2/c1-21-12(18-19-14(21)24)4-6-16-13(23)11-9-22(20-17-11)8-10-3-2-5-15-7-10/h9-10,15H,2-8H2,1H3,(H,16,23)(H,19,24)/t10-/m0/s1. The molecular formula is C14H22N8O2. The van der Waals surface area contributed by atoms with Crippen LogP contribution in [-0.4, -0.2) is 55.3 Å². The number of nitrogens with one attached hydrogen (secondary N) is 3. The van der Waals surface area contributed by atoms with Crippen LogP contribution in [0.3, 0.4) is 0 Å². The highest BCUT2D eigenvalue weighted by Gasteiger charge is 2.16. The first-order valence-corrected chi connectivity index (χ1v) is 8.13. The van der Waals surface area contributed by atoms with E-state index >= 15 is 0 Å². The van der Waals surface area contributed by atoms with Gasteiger partial charge in [-0.2, -0.15) is 5.10 Å². The molecule has 24 heavy (non-hydrogen) atoms. The van der Waals surface area contributed by atoms with E-state index in [1.165, 1.54) is 11.0 Å². The Bertz CT molecular complexity index is 740. The van der Waals surface area contributed by atoms with Crippen molar-refractivity contribution in [2.75, 3.05) is 19.6 Å². The first kappa shape index (κ1) is 16.4. The summed E-state index contributed by atoms with van der Waals surface area (Å²) in [6.45, 7) is 3.19. The van der Waals surface area contributed by atoms with Crippen molar-refractivity contribution >= 4 is 5.91 Å². The Morgan fingerprint density at radius 2 is 2.38 bits per heavy atom. The molecule has 0 radical (unpaired) electrons. The maximum atomic E-state index is 12.1. The monoisotopic (exact) mass is 334 g/mol. The van der Waals surface area contributed by atoms with Crippen molar-refractivity contribution in [1.29, 1.82) is 0 Å². The second kappa shape index (κ2) is 7.39. The molecule has 1 aliphatic rings. The number of H-pyrrole nitrogens is 1. The third-order valence-corrected chi connectivity index (χ3v) is 4.22. The lowest BCUT2D eigenvalue weighted by atomic mass is 10.00. The summed E-state index contributed by atoms with van der Waals surface area (Å²) in [6, 6.07) is 0. The van der Waals surface area contributed by atoms with Gasteiger partial charge in [-0.15, -0.1) is 5.10 Å².